The fourth-order valence-electron chi connectivity index (χ4n) is 0.693. The molecule has 0 aliphatic rings. The van der Waals surface area contributed by atoms with Gasteiger partial charge in [0.25, 0.3) is 0 Å². The summed E-state index contributed by atoms with van der Waals surface area (Å²) in [5.41, 5.74) is 0.934. The van der Waals surface area contributed by atoms with Gasteiger partial charge in [-0.1, -0.05) is 0 Å². The fourth-order valence-corrected chi connectivity index (χ4v) is 0.819. The molecule has 0 aliphatic heterocycles. The van der Waals surface area contributed by atoms with Crippen LogP contribution in [0.4, 0.5) is 0 Å². The zero-order valence-electron chi connectivity index (χ0n) is 5.58. The molecule has 0 atom stereocenters. The van der Waals surface area contributed by atoms with E-state index in [4.69, 9.17) is 11.6 Å². The Morgan fingerprint density at radius 3 is 2.18 bits per heavy atom. The van der Waals surface area contributed by atoms with Gasteiger partial charge in [-0.15, -0.1) is 0 Å². The van der Waals surface area contributed by atoms with Gasteiger partial charge < -0.3 is 0 Å². The van der Waals surface area contributed by atoms with Gasteiger partial charge in [0.1, 0.15) is 0 Å². The quantitative estimate of drug-likeness (QED) is 0.480. The van der Waals surface area contributed by atoms with Crippen molar-refractivity contribution in [3.05, 3.63) is 29.8 Å². The minimum atomic E-state index is -0.512. The Hall–Kier alpha value is -0.955. The van der Waals surface area contributed by atoms with Crippen LogP contribution in [0.25, 0.3) is 0 Å². The maximum absolute atomic E-state index is 10.5. The number of benzene rings is 1. The zero-order valence-corrected chi connectivity index (χ0v) is 6.34. The zero-order chi connectivity index (χ0) is 8.27. The Bertz CT molecular complexity index is 281. The van der Waals surface area contributed by atoms with E-state index in [9.17, 15) is 9.50 Å². The predicted octanol–water partition coefficient (Wildman–Crippen LogP) is 0.741. The summed E-state index contributed by atoms with van der Waals surface area (Å²) in [7, 11) is 0.711. The van der Waals surface area contributed by atoms with Crippen LogP contribution in [0.5, 0.6) is 0 Å². The number of hydrogen-bond donors (Lipinski definition) is 0. The first kappa shape index (κ1) is 8.14. The first-order valence-electron chi connectivity index (χ1n) is 2.99. The van der Waals surface area contributed by atoms with Crippen molar-refractivity contribution in [2.45, 2.75) is 0 Å². The molecule has 0 spiro atoms. The third-order valence-electron chi connectivity index (χ3n) is 1.27. The van der Waals surface area contributed by atoms with E-state index in [0.29, 0.717) is 18.2 Å². The van der Waals surface area contributed by atoms with Crippen molar-refractivity contribution >= 4 is 29.5 Å². The van der Waals surface area contributed by atoms with Crippen LogP contribution < -0.4 is 5.46 Å². The molecule has 0 N–H and O–H groups in total. The van der Waals surface area contributed by atoms with Crippen molar-refractivity contribution < 1.29 is 9.50 Å². The molecular formula is C7H4BClO2. The van der Waals surface area contributed by atoms with E-state index < -0.39 is 5.24 Å². The molecule has 1 aromatic carbocycles. The normalized spacial score (nSPS) is 8.82. The van der Waals surface area contributed by atoms with E-state index in [1.54, 1.807) is 12.1 Å². The van der Waals surface area contributed by atoms with Crippen LogP contribution in [-0.4, -0.2) is 12.4 Å². The van der Waals surface area contributed by atoms with Crippen LogP contribution in [0, 0.1) is 0 Å². The van der Waals surface area contributed by atoms with Crippen molar-refractivity contribution in [2.75, 3.05) is 0 Å². The number of carbonyl (C=O) groups excluding carboxylic acids is 1. The summed E-state index contributed by atoms with van der Waals surface area (Å²) in [4.78, 5) is 10.5. The molecule has 0 unspecified atom stereocenters. The third kappa shape index (κ3) is 1.98. The monoisotopic (exact) mass is 166 g/mol. The van der Waals surface area contributed by atoms with Gasteiger partial charge >= 0.3 is 68.8 Å². The summed E-state index contributed by atoms with van der Waals surface area (Å²) in [5.74, 6) is 0. The third-order valence-corrected chi connectivity index (χ3v) is 1.49. The molecule has 0 amide bonds. The van der Waals surface area contributed by atoms with Crippen LogP contribution in [-0.2, 0) is 4.70 Å². The van der Waals surface area contributed by atoms with Crippen LogP contribution in [0.1, 0.15) is 10.4 Å². The first-order valence-corrected chi connectivity index (χ1v) is 3.37. The number of carbonyl (C=O) groups is 1. The molecule has 0 radical (unpaired) electrons. The van der Waals surface area contributed by atoms with Gasteiger partial charge in [0.05, 0.1) is 0 Å². The van der Waals surface area contributed by atoms with Gasteiger partial charge in [-0.25, -0.2) is 0 Å². The second-order valence-corrected chi connectivity index (χ2v) is 2.36. The molecule has 0 aliphatic carbocycles. The van der Waals surface area contributed by atoms with E-state index in [2.05, 4.69) is 0 Å². The SMILES string of the molecule is O=Bc1ccc(C(=O)Cl)cc1. The summed E-state index contributed by atoms with van der Waals surface area (Å²) < 4.78 is 10.2. The molecule has 0 aromatic heterocycles. The maximum atomic E-state index is 10.5. The molecule has 4 heteroatoms. The molecule has 2 nitrogen and oxygen atoms in total. The molecule has 0 bridgehead atoms. The second kappa shape index (κ2) is 3.44. The van der Waals surface area contributed by atoms with Crippen LogP contribution in [0.15, 0.2) is 24.3 Å². The number of halogens is 1. The van der Waals surface area contributed by atoms with Crippen LogP contribution in [0.3, 0.4) is 0 Å². The Morgan fingerprint density at radius 1 is 1.27 bits per heavy atom. The second-order valence-electron chi connectivity index (χ2n) is 2.01. The van der Waals surface area contributed by atoms with Crippen molar-refractivity contribution in [3.63, 3.8) is 0 Å². The fraction of sp³-hybridized carbons (Fsp3) is 0. The van der Waals surface area contributed by atoms with Gasteiger partial charge in [0.2, 0.25) is 0 Å². The molecule has 0 saturated heterocycles. The van der Waals surface area contributed by atoms with E-state index >= 15 is 0 Å². The van der Waals surface area contributed by atoms with Gasteiger partial charge in [-0.3, -0.25) is 0 Å². The number of hydrogen-bond acceptors (Lipinski definition) is 2. The van der Waals surface area contributed by atoms with Gasteiger partial charge in [0, 0.05) is 0 Å². The van der Waals surface area contributed by atoms with E-state index in [-0.39, 0.29) is 0 Å². The average molecular weight is 166 g/mol. The van der Waals surface area contributed by atoms with E-state index in [1.807, 2.05) is 0 Å². The Labute approximate surface area is 69.4 Å². The Morgan fingerprint density at radius 2 is 1.82 bits per heavy atom. The molecular weight excluding hydrogens is 162 g/mol. The first-order chi connectivity index (χ1) is 5.24. The van der Waals surface area contributed by atoms with Crippen LogP contribution >= 0.6 is 11.6 Å². The van der Waals surface area contributed by atoms with Crippen molar-refractivity contribution in [3.8, 4) is 0 Å². The van der Waals surface area contributed by atoms with Gasteiger partial charge in [0.15, 0.2) is 0 Å². The Balaban J connectivity index is 3.00. The minimum absolute atomic E-state index is 0.400. The van der Waals surface area contributed by atoms with Gasteiger partial charge in [-0.2, -0.15) is 0 Å². The molecule has 0 saturated carbocycles. The standard InChI is InChI=1S/C7H4BClO2/c9-7(10)5-1-3-6(8-11)4-2-5/h1-4H. The summed E-state index contributed by atoms with van der Waals surface area (Å²) in [6.07, 6.45) is 0. The molecule has 1 aromatic rings. The van der Waals surface area contributed by atoms with Crippen molar-refractivity contribution in [2.24, 2.45) is 0 Å². The summed E-state index contributed by atoms with van der Waals surface area (Å²) >= 11 is 5.17. The van der Waals surface area contributed by atoms with Crippen molar-refractivity contribution in [1.29, 1.82) is 0 Å². The van der Waals surface area contributed by atoms with E-state index in [0.717, 1.165) is 0 Å². The number of rotatable bonds is 2. The van der Waals surface area contributed by atoms with E-state index in [1.165, 1.54) is 12.1 Å². The molecule has 54 valence electrons. The molecule has 0 fully saturated rings. The summed E-state index contributed by atoms with van der Waals surface area (Å²) in [6, 6.07) is 6.11. The summed E-state index contributed by atoms with van der Waals surface area (Å²) in [5, 5.41) is -0.512. The molecule has 1 rings (SSSR count). The molecule has 0 heterocycles. The van der Waals surface area contributed by atoms with Gasteiger partial charge in [-0.05, 0) is 0 Å². The molecule has 11 heavy (non-hydrogen) atoms. The van der Waals surface area contributed by atoms with Crippen molar-refractivity contribution in [1.82, 2.24) is 0 Å². The summed E-state index contributed by atoms with van der Waals surface area (Å²) in [6.45, 7) is 0. The average Bonchev–Trinajstić information content (AvgIpc) is 2.05. The topological polar surface area (TPSA) is 34.1 Å². The predicted molar refractivity (Wildman–Crippen MR) is 42.7 cm³/mol. The Kier molecular flexibility index (Phi) is 2.55. The van der Waals surface area contributed by atoms with Crippen LogP contribution in [0.2, 0.25) is 0 Å².